The molecule has 0 saturated heterocycles. The zero-order chi connectivity index (χ0) is 19.5. The lowest BCUT2D eigenvalue weighted by atomic mass is 10.3. The number of aromatic nitrogens is 1. The van der Waals surface area contributed by atoms with Gasteiger partial charge in [-0.05, 0) is 12.5 Å². The SMILES string of the molecule is CCCCN(CC(F)(F)F)C(=O)Cn1c(=O)oc2cc([N+](=O)[O-])ccc21. The van der Waals surface area contributed by atoms with E-state index in [4.69, 9.17) is 4.42 Å². The van der Waals surface area contributed by atoms with Gasteiger partial charge in [0.05, 0.1) is 16.5 Å². The minimum Gasteiger partial charge on any atom is -0.407 e. The summed E-state index contributed by atoms with van der Waals surface area (Å²) in [4.78, 5) is 34.9. The molecule has 0 aliphatic heterocycles. The van der Waals surface area contributed by atoms with E-state index in [1.165, 1.54) is 6.07 Å². The summed E-state index contributed by atoms with van der Waals surface area (Å²) in [5, 5.41) is 10.7. The summed E-state index contributed by atoms with van der Waals surface area (Å²) in [6, 6.07) is 3.34. The van der Waals surface area contributed by atoms with Crippen molar-refractivity contribution in [1.29, 1.82) is 0 Å². The van der Waals surface area contributed by atoms with E-state index in [2.05, 4.69) is 0 Å². The van der Waals surface area contributed by atoms with Crippen molar-refractivity contribution in [2.24, 2.45) is 0 Å². The minimum atomic E-state index is -4.56. The number of amides is 1. The molecule has 1 aromatic heterocycles. The van der Waals surface area contributed by atoms with Crippen LogP contribution in [0.1, 0.15) is 19.8 Å². The van der Waals surface area contributed by atoms with E-state index < -0.39 is 35.9 Å². The zero-order valence-electron chi connectivity index (χ0n) is 13.8. The lowest BCUT2D eigenvalue weighted by Crippen LogP contribution is -2.42. The smallest absolute Gasteiger partial charge is 0.407 e. The van der Waals surface area contributed by atoms with Crippen LogP contribution in [0, 0.1) is 10.1 Å². The van der Waals surface area contributed by atoms with Gasteiger partial charge in [0.2, 0.25) is 5.91 Å². The number of non-ortho nitro benzene ring substituents is 1. The van der Waals surface area contributed by atoms with Gasteiger partial charge >= 0.3 is 11.9 Å². The number of halogens is 3. The van der Waals surface area contributed by atoms with Gasteiger partial charge in [-0.15, -0.1) is 0 Å². The molecule has 0 saturated carbocycles. The third kappa shape index (κ3) is 4.61. The van der Waals surface area contributed by atoms with Gasteiger partial charge in [0.1, 0.15) is 13.1 Å². The topological polar surface area (TPSA) is 98.6 Å². The van der Waals surface area contributed by atoms with Crippen molar-refractivity contribution in [2.45, 2.75) is 32.5 Å². The molecule has 1 aromatic carbocycles. The van der Waals surface area contributed by atoms with Crippen LogP contribution < -0.4 is 5.76 Å². The standard InChI is InChI=1S/C15H16F3N3O5/c1-2-3-6-19(9-15(16,17)18)13(22)8-20-11-5-4-10(21(24)25)7-12(11)26-14(20)23/h4-5,7H,2-3,6,8-9H2,1H3. The zero-order valence-corrected chi connectivity index (χ0v) is 13.8. The molecule has 0 bridgehead atoms. The Morgan fingerprint density at radius 2 is 2.08 bits per heavy atom. The molecule has 1 heterocycles. The molecular formula is C15H16F3N3O5. The molecule has 2 aromatic rings. The lowest BCUT2D eigenvalue weighted by molar-refractivity contribution is -0.384. The van der Waals surface area contributed by atoms with Crippen LogP contribution in [0.15, 0.2) is 27.4 Å². The van der Waals surface area contributed by atoms with Crippen LogP contribution in [0.3, 0.4) is 0 Å². The van der Waals surface area contributed by atoms with Crippen LogP contribution in [0.5, 0.6) is 0 Å². The highest BCUT2D eigenvalue weighted by atomic mass is 19.4. The number of nitrogens with zero attached hydrogens (tertiary/aromatic N) is 3. The van der Waals surface area contributed by atoms with Crippen molar-refractivity contribution in [3.63, 3.8) is 0 Å². The average molecular weight is 375 g/mol. The largest absolute Gasteiger partial charge is 0.420 e. The first kappa shape index (κ1) is 19.5. The summed E-state index contributed by atoms with van der Waals surface area (Å²) in [6.07, 6.45) is -3.58. The molecule has 2 rings (SSSR count). The molecule has 11 heteroatoms. The normalized spacial score (nSPS) is 11.7. The second kappa shape index (κ2) is 7.58. The fraction of sp³-hybridized carbons (Fsp3) is 0.467. The fourth-order valence-electron chi connectivity index (χ4n) is 2.41. The number of oxazole rings is 1. The predicted octanol–water partition coefficient (Wildman–Crippen LogP) is 2.69. The molecule has 0 aliphatic rings. The number of hydrogen-bond acceptors (Lipinski definition) is 5. The van der Waals surface area contributed by atoms with E-state index in [1.807, 2.05) is 0 Å². The van der Waals surface area contributed by atoms with Crippen molar-refractivity contribution in [1.82, 2.24) is 9.47 Å². The highest BCUT2D eigenvalue weighted by Crippen LogP contribution is 2.21. The maximum absolute atomic E-state index is 12.7. The van der Waals surface area contributed by atoms with Gasteiger partial charge in [0, 0.05) is 12.6 Å². The molecule has 8 nitrogen and oxygen atoms in total. The van der Waals surface area contributed by atoms with Crippen LogP contribution in [0.25, 0.3) is 11.1 Å². The highest BCUT2D eigenvalue weighted by Gasteiger charge is 2.33. The number of fused-ring (bicyclic) bond motifs is 1. The van der Waals surface area contributed by atoms with E-state index in [-0.39, 0.29) is 23.3 Å². The van der Waals surface area contributed by atoms with Gasteiger partial charge in [-0.1, -0.05) is 13.3 Å². The van der Waals surface area contributed by atoms with Crippen molar-refractivity contribution in [3.8, 4) is 0 Å². The molecule has 0 N–H and O–H groups in total. The number of unbranched alkanes of at least 4 members (excludes halogenated alkanes) is 1. The number of nitro benzene ring substituents is 1. The minimum absolute atomic E-state index is 0.0924. The Labute approximate surface area is 144 Å². The summed E-state index contributed by atoms with van der Waals surface area (Å²) in [7, 11) is 0. The summed E-state index contributed by atoms with van der Waals surface area (Å²) in [5.74, 6) is -1.87. The quantitative estimate of drug-likeness (QED) is 0.547. The summed E-state index contributed by atoms with van der Waals surface area (Å²) in [6.45, 7) is -0.382. The third-order valence-electron chi connectivity index (χ3n) is 3.66. The van der Waals surface area contributed by atoms with E-state index in [1.54, 1.807) is 6.92 Å². The summed E-state index contributed by atoms with van der Waals surface area (Å²) < 4.78 is 43.8. The first-order valence-corrected chi connectivity index (χ1v) is 7.74. The fourth-order valence-corrected chi connectivity index (χ4v) is 2.41. The Balaban J connectivity index is 2.30. The number of rotatable bonds is 7. The van der Waals surface area contributed by atoms with Gasteiger partial charge in [0.25, 0.3) is 5.69 Å². The van der Waals surface area contributed by atoms with Crippen molar-refractivity contribution in [3.05, 3.63) is 38.9 Å². The van der Waals surface area contributed by atoms with E-state index in [0.717, 1.165) is 16.7 Å². The average Bonchev–Trinajstić information content (AvgIpc) is 2.85. The number of carbonyl (C=O) groups excluding carboxylic acids is 1. The van der Waals surface area contributed by atoms with Gasteiger partial charge < -0.3 is 9.32 Å². The Hall–Kier alpha value is -2.85. The first-order chi connectivity index (χ1) is 12.1. The molecule has 142 valence electrons. The van der Waals surface area contributed by atoms with Gasteiger partial charge in [0.15, 0.2) is 5.58 Å². The predicted molar refractivity (Wildman–Crippen MR) is 84.7 cm³/mol. The molecule has 0 radical (unpaired) electrons. The second-order valence-corrected chi connectivity index (χ2v) is 5.65. The van der Waals surface area contributed by atoms with Crippen LogP contribution in [-0.4, -0.2) is 39.6 Å². The van der Waals surface area contributed by atoms with Crippen LogP contribution >= 0.6 is 0 Å². The number of carbonyl (C=O) groups is 1. The maximum atomic E-state index is 12.7. The van der Waals surface area contributed by atoms with E-state index >= 15 is 0 Å². The monoisotopic (exact) mass is 375 g/mol. The molecule has 1 amide bonds. The molecule has 0 fully saturated rings. The van der Waals surface area contributed by atoms with Gasteiger partial charge in [-0.2, -0.15) is 13.2 Å². The van der Waals surface area contributed by atoms with Crippen molar-refractivity contribution >= 4 is 22.7 Å². The molecule has 0 aliphatic carbocycles. The molecule has 26 heavy (non-hydrogen) atoms. The molecular weight excluding hydrogens is 359 g/mol. The summed E-state index contributed by atoms with van der Waals surface area (Å²) >= 11 is 0. The number of hydrogen-bond donors (Lipinski definition) is 0. The Morgan fingerprint density at radius 3 is 2.65 bits per heavy atom. The Kier molecular flexibility index (Phi) is 5.68. The number of alkyl halides is 3. The van der Waals surface area contributed by atoms with E-state index in [9.17, 15) is 32.9 Å². The van der Waals surface area contributed by atoms with Crippen LogP contribution in [-0.2, 0) is 11.3 Å². The molecule has 0 unspecified atom stereocenters. The third-order valence-corrected chi connectivity index (χ3v) is 3.66. The Morgan fingerprint density at radius 1 is 1.38 bits per heavy atom. The number of nitro groups is 1. The van der Waals surface area contributed by atoms with Crippen LogP contribution in [0.2, 0.25) is 0 Å². The number of benzene rings is 1. The maximum Gasteiger partial charge on any atom is 0.420 e. The summed E-state index contributed by atoms with van der Waals surface area (Å²) in [5.41, 5.74) is -0.337. The van der Waals surface area contributed by atoms with Crippen molar-refractivity contribution < 1.29 is 27.3 Å². The van der Waals surface area contributed by atoms with E-state index in [0.29, 0.717) is 17.7 Å². The molecule has 0 atom stereocenters. The van der Waals surface area contributed by atoms with Gasteiger partial charge in [-0.25, -0.2) is 4.79 Å². The van der Waals surface area contributed by atoms with Gasteiger partial charge in [-0.3, -0.25) is 19.5 Å². The van der Waals surface area contributed by atoms with Crippen molar-refractivity contribution in [2.75, 3.05) is 13.1 Å². The van der Waals surface area contributed by atoms with Crippen LogP contribution in [0.4, 0.5) is 18.9 Å². The Bertz CT molecular complexity index is 872. The lowest BCUT2D eigenvalue weighted by Gasteiger charge is -2.23. The first-order valence-electron chi connectivity index (χ1n) is 7.74. The molecule has 0 spiro atoms. The highest BCUT2D eigenvalue weighted by molar-refractivity contribution is 5.80. The second-order valence-electron chi connectivity index (χ2n) is 5.65.